The summed E-state index contributed by atoms with van der Waals surface area (Å²) in [7, 11) is 0. The second-order valence-electron chi connectivity index (χ2n) is 5.33. The summed E-state index contributed by atoms with van der Waals surface area (Å²) in [6, 6.07) is 4.44. The van der Waals surface area contributed by atoms with Crippen LogP contribution in [0, 0.1) is 5.82 Å². The molecule has 6 heteroatoms. The molecule has 0 amide bonds. The number of nitrogen functional groups attached to an aromatic ring is 1. The molecule has 0 bridgehead atoms. The molecular weight excluding hydrogens is 335 g/mol. The van der Waals surface area contributed by atoms with Crippen molar-refractivity contribution in [1.82, 2.24) is 15.0 Å². The van der Waals surface area contributed by atoms with E-state index in [0.29, 0.717) is 17.3 Å². The third kappa shape index (κ3) is 3.20. The van der Waals surface area contributed by atoms with Gasteiger partial charge in [0.05, 0.1) is 0 Å². The summed E-state index contributed by atoms with van der Waals surface area (Å²) < 4.78 is 14.2. The van der Waals surface area contributed by atoms with E-state index in [9.17, 15) is 4.39 Å². The fraction of sp³-hybridized carbons (Fsp3) is 0.400. The zero-order valence-corrected chi connectivity index (χ0v) is 13.1. The lowest BCUT2D eigenvalue weighted by Gasteiger charge is -2.20. The van der Waals surface area contributed by atoms with Crippen molar-refractivity contribution in [2.24, 2.45) is 0 Å². The van der Waals surface area contributed by atoms with Crippen LogP contribution in [0.1, 0.15) is 43.8 Å². The predicted molar refractivity (Wildman–Crippen MR) is 83.2 cm³/mol. The normalized spacial score (nSPS) is 16.1. The van der Waals surface area contributed by atoms with Gasteiger partial charge in [-0.15, -0.1) is 0 Å². The number of benzene rings is 1. The SMILES string of the molecule is Nc1nc(-c2cc(F)ccc2Br)nc(C2CCCCC2)n1. The van der Waals surface area contributed by atoms with E-state index >= 15 is 0 Å². The van der Waals surface area contributed by atoms with Crippen molar-refractivity contribution < 1.29 is 4.39 Å². The molecule has 2 N–H and O–H groups in total. The van der Waals surface area contributed by atoms with E-state index in [0.717, 1.165) is 23.1 Å². The van der Waals surface area contributed by atoms with Crippen molar-refractivity contribution in [2.45, 2.75) is 38.0 Å². The maximum absolute atomic E-state index is 13.5. The summed E-state index contributed by atoms with van der Waals surface area (Å²) >= 11 is 3.40. The van der Waals surface area contributed by atoms with Crippen molar-refractivity contribution in [3.8, 4) is 11.4 Å². The maximum Gasteiger partial charge on any atom is 0.223 e. The van der Waals surface area contributed by atoms with Crippen molar-refractivity contribution >= 4 is 21.9 Å². The molecule has 1 aromatic carbocycles. The average Bonchev–Trinajstić information content (AvgIpc) is 2.50. The van der Waals surface area contributed by atoms with E-state index in [-0.39, 0.29) is 11.8 Å². The molecule has 1 aliphatic carbocycles. The van der Waals surface area contributed by atoms with Gasteiger partial charge in [0.25, 0.3) is 0 Å². The highest BCUT2D eigenvalue weighted by molar-refractivity contribution is 9.10. The smallest absolute Gasteiger partial charge is 0.223 e. The molecule has 0 unspecified atom stereocenters. The molecule has 1 fully saturated rings. The molecule has 3 rings (SSSR count). The van der Waals surface area contributed by atoms with E-state index in [2.05, 4.69) is 30.9 Å². The van der Waals surface area contributed by atoms with Crippen molar-refractivity contribution in [3.05, 3.63) is 34.3 Å². The fourth-order valence-corrected chi connectivity index (χ4v) is 3.17. The highest BCUT2D eigenvalue weighted by atomic mass is 79.9. The third-order valence-electron chi connectivity index (χ3n) is 3.81. The van der Waals surface area contributed by atoms with Crippen LogP contribution in [-0.2, 0) is 0 Å². The highest BCUT2D eigenvalue weighted by Crippen LogP contribution is 2.33. The summed E-state index contributed by atoms with van der Waals surface area (Å²) in [5.74, 6) is 1.35. The summed E-state index contributed by atoms with van der Waals surface area (Å²) in [6.07, 6.45) is 5.80. The molecule has 1 aliphatic rings. The van der Waals surface area contributed by atoms with Crippen molar-refractivity contribution in [3.63, 3.8) is 0 Å². The number of nitrogens with two attached hydrogens (primary N) is 1. The molecule has 0 atom stereocenters. The Kier molecular flexibility index (Phi) is 4.14. The van der Waals surface area contributed by atoms with Gasteiger partial charge in [-0.2, -0.15) is 9.97 Å². The summed E-state index contributed by atoms with van der Waals surface area (Å²) in [6.45, 7) is 0. The van der Waals surface area contributed by atoms with Gasteiger partial charge >= 0.3 is 0 Å². The molecule has 2 aromatic rings. The number of hydrogen-bond acceptors (Lipinski definition) is 4. The van der Waals surface area contributed by atoms with E-state index < -0.39 is 0 Å². The standard InChI is InChI=1S/C15H16BrFN4/c16-12-7-6-10(17)8-11(12)14-19-13(20-15(18)21-14)9-4-2-1-3-5-9/h6-9H,1-5H2,(H2,18,19,20,21). The van der Waals surface area contributed by atoms with Crippen LogP contribution < -0.4 is 5.73 Å². The first-order chi connectivity index (χ1) is 10.1. The molecule has 1 aromatic heterocycles. The third-order valence-corrected chi connectivity index (χ3v) is 4.50. The van der Waals surface area contributed by atoms with E-state index in [4.69, 9.17) is 5.73 Å². The molecule has 0 radical (unpaired) electrons. The quantitative estimate of drug-likeness (QED) is 0.886. The molecule has 0 aliphatic heterocycles. The topological polar surface area (TPSA) is 64.7 Å². The van der Waals surface area contributed by atoms with Crippen molar-refractivity contribution in [1.29, 1.82) is 0 Å². The lowest BCUT2D eigenvalue weighted by molar-refractivity contribution is 0.428. The first-order valence-corrected chi connectivity index (χ1v) is 7.89. The molecule has 110 valence electrons. The van der Waals surface area contributed by atoms with Crippen LogP contribution >= 0.6 is 15.9 Å². The van der Waals surface area contributed by atoms with Gasteiger partial charge in [-0.3, -0.25) is 0 Å². The Balaban J connectivity index is 2.02. The van der Waals surface area contributed by atoms with Gasteiger partial charge in [0.1, 0.15) is 11.6 Å². The maximum atomic E-state index is 13.5. The molecule has 1 saturated carbocycles. The van der Waals surface area contributed by atoms with E-state index in [1.54, 1.807) is 6.07 Å². The number of hydrogen-bond donors (Lipinski definition) is 1. The lowest BCUT2D eigenvalue weighted by atomic mass is 9.89. The number of aromatic nitrogens is 3. The van der Waals surface area contributed by atoms with Crippen LogP contribution in [0.15, 0.2) is 22.7 Å². The van der Waals surface area contributed by atoms with Gasteiger partial charge in [0.2, 0.25) is 5.95 Å². The van der Waals surface area contributed by atoms with Gasteiger partial charge in [-0.1, -0.05) is 35.2 Å². The second-order valence-corrected chi connectivity index (χ2v) is 6.19. The molecule has 4 nitrogen and oxygen atoms in total. The van der Waals surface area contributed by atoms with Crippen LogP contribution in [-0.4, -0.2) is 15.0 Å². The minimum absolute atomic E-state index is 0.191. The Morgan fingerprint density at radius 3 is 2.62 bits per heavy atom. The first-order valence-electron chi connectivity index (χ1n) is 7.10. The number of rotatable bonds is 2. The Labute approximate surface area is 131 Å². The number of anilines is 1. The minimum atomic E-state index is -0.327. The Hall–Kier alpha value is -1.56. The van der Waals surface area contributed by atoms with Crippen LogP contribution in [0.2, 0.25) is 0 Å². The average molecular weight is 351 g/mol. The van der Waals surface area contributed by atoms with Crippen LogP contribution in [0.5, 0.6) is 0 Å². The fourth-order valence-electron chi connectivity index (χ4n) is 2.74. The molecule has 0 spiro atoms. The van der Waals surface area contributed by atoms with E-state index in [1.165, 1.54) is 31.4 Å². The molecule has 0 saturated heterocycles. The Morgan fingerprint density at radius 1 is 1.10 bits per heavy atom. The van der Waals surface area contributed by atoms with Crippen LogP contribution in [0.25, 0.3) is 11.4 Å². The first kappa shape index (κ1) is 14.4. The van der Waals surface area contributed by atoms with Crippen molar-refractivity contribution in [2.75, 3.05) is 5.73 Å². The number of halogens is 2. The van der Waals surface area contributed by atoms with Gasteiger partial charge in [-0.05, 0) is 31.0 Å². The minimum Gasteiger partial charge on any atom is -0.368 e. The Morgan fingerprint density at radius 2 is 1.86 bits per heavy atom. The van der Waals surface area contributed by atoms with E-state index in [1.807, 2.05) is 0 Å². The van der Waals surface area contributed by atoms with Gasteiger partial charge in [0.15, 0.2) is 5.82 Å². The zero-order chi connectivity index (χ0) is 14.8. The summed E-state index contributed by atoms with van der Waals surface area (Å²) in [4.78, 5) is 13.0. The zero-order valence-electron chi connectivity index (χ0n) is 11.5. The van der Waals surface area contributed by atoms with Gasteiger partial charge in [-0.25, -0.2) is 9.37 Å². The summed E-state index contributed by atoms with van der Waals surface area (Å²) in [5, 5.41) is 0. The molecular formula is C15H16BrFN4. The monoisotopic (exact) mass is 350 g/mol. The number of nitrogens with zero attached hydrogens (tertiary/aromatic N) is 3. The summed E-state index contributed by atoms with van der Waals surface area (Å²) in [5.41, 5.74) is 6.42. The van der Waals surface area contributed by atoms with Gasteiger partial charge in [0, 0.05) is 16.0 Å². The molecule has 1 heterocycles. The highest BCUT2D eigenvalue weighted by Gasteiger charge is 2.20. The second kappa shape index (κ2) is 6.05. The lowest BCUT2D eigenvalue weighted by Crippen LogP contribution is -2.12. The Bertz CT molecular complexity index is 656. The largest absolute Gasteiger partial charge is 0.368 e. The van der Waals surface area contributed by atoms with Gasteiger partial charge < -0.3 is 5.73 Å². The predicted octanol–water partition coefficient (Wildman–Crippen LogP) is 4.07. The van der Waals surface area contributed by atoms with Crippen LogP contribution in [0.3, 0.4) is 0 Å². The van der Waals surface area contributed by atoms with Crippen LogP contribution in [0.4, 0.5) is 10.3 Å². The molecule has 21 heavy (non-hydrogen) atoms.